The Labute approximate surface area is 61.8 Å². The van der Waals surface area contributed by atoms with E-state index in [2.05, 4.69) is 19.1 Å². The topological polar surface area (TPSA) is 20.2 Å². The number of rotatable bonds is 1. The van der Waals surface area contributed by atoms with Crippen molar-refractivity contribution in [1.82, 2.24) is 0 Å². The maximum Gasteiger partial charge on any atom is 0.0490 e. The quantitative estimate of drug-likeness (QED) is 0.545. The predicted octanol–water partition coefficient (Wildman–Crippen LogP) is 1.58. The number of aliphatic hydroxyl groups is 1. The average Bonchev–Trinajstić information content (AvgIpc) is 2.46. The molecule has 1 N–H and O–H groups in total. The Morgan fingerprint density at radius 2 is 2.40 bits per heavy atom. The van der Waals surface area contributed by atoms with Gasteiger partial charge in [0.05, 0.1) is 0 Å². The molecule has 0 heterocycles. The molecule has 3 atom stereocenters. The molecule has 56 valence electrons. The molecule has 2 aliphatic rings. The fourth-order valence-corrected chi connectivity index (χ4v) is 2.37. The summed E-state index contributed by atoms with van der Waals surface area (Å²) < 4.78 is 0. The van der Waals surface area contributed by atoms with Gasteiger partial charge in [-0.1, -0.05) is 19.1 Å². The Bertz CT molecular complexity index is 174. The number of hydrogen-bond donors (Lipinski definition) is 1. The highest BCUT2D eigenvalue weighted by Gasteiger charge is 2.44. The number of aliphatic hydroxyl groups excluding tert-OH is 1. The minimum absolute atomic E-state index is 0.222. The molecule has 0 unspecified atom stereocenters. The fraction of sp³-hybridized carbons (Fsp3) is 0.778. The van der Waals surface area contributed by atoms with Crippen LogP contribution in [0.4, 0.5) is 0 Å². The Hall–Kier alpha value is -0.300. The van der Waals surface area contributed by atoms with Crippen LogP contribution in [0.15, 0.2) is 12.2 Å². The van der Waals surface area contributed by atoms with Gasteiger partial charge in [-0.2, -0.15) is 0 Å². The number of fused-ring (bicyclic) bond motifs is 2. The van der Waals surface area contributed by atoms with E-state index < -0.39 is 0 Å². The zero-order valence-electron chi connectivity index (χ0n) is 6.38. The zero-order chi connectivity index (χ0) is 7.19. The Balaban J connectivity index is 2.22. The molecule has 1 saturated carbocycles. The first-order chi connectivity index (χ1) is 4.74. The molecule has 0 radical (unpaired) electrons. The summed E-state index contributed by atoms with van der Waals surface area (Å²) >= 11 is 0. The summed E-state index contributed by atoms with van der Waals surface area (Å²) in [5, 5.41) is 9.11. The van der Waals surface area contributed by atoms with Gasteiger partial charge in [-0.25, -0.2) is 0 Å². The van der Waals surface area contributed by atoms with Gasteiger partial charge < -0.3 is 5.11 Å². The summed E-state index contributed by atoms with van der Waals surface area (Å²) in [6.45, 7) is 2.56. The molecule has 0 spiro atoms. The molecule has 0 aliphatic heterocycles. The van der Waals surface area contributed by atoms with Gasteiger partial charge in [-0.05, 0) is 30.1 Å². The van der Waals surface area contributed by atoms with Gasteiger partial charge in [0.15, 0.2) is 0 Å². The molecule has 0 aromatic heterocycles. The average molecular weight is 138 g/mol. The zero-order valence-corrected chi connectivity index (χ0v) is 6.38. The first-order valence-corrected chi connectivity index (χ1v) is 4.04. The van der Waals surface area contributed by atoms with Crippen molar-refractivity contribution >= 4 is 0 Å². The van der Waals surface area contributed by atoms with E-state index in [1.165, 1.54) is 12.8 Å². The minimum atomic E-state index is 0.222. The lowest BCUT2D eigenvalue weighted by Crippen LogP contribution is -2.25. The Kier molecular flexibility index (Phi) is 1.19. The van der Waals surface area contributed by atoms with Crippen LogP contribution in [0.2, 0.25) is 0 Å². The summed E-state index contributed by atoms with van der Waals surface area (Å²) in [5.41, 5.74) is 0.222. The SMILES string of the molecule is C[C@@]1(CO)C[C@H]2C=C[C@@H]1C2. The third-order valence-electron chi connectivity index (χ3n) is 3.16. The highest BCUT2D eigenvalue weighted by Crippen LogP contribution is 2.51. The van der Waals surface area contributed by atoms with Crippen LogP contribution in [-0.2, 0) is 0 Å². The fourth-order valence-electron chi connectivity index (χ4n) is 2.37. The van der Waals surface area contributed by atoms with Crippen LogP contribution in [-0.4, -0.2) is 11.7 Å². The van der Waals surface area contributed by atoms with E-state index >= 15 is 0 Å². The summed E-state index contributed by atoms with van der Waals surface area (Å²) in [5.74, 6) is 1.45. The molecule has 10 heavy (non-hydrogen) atoms. The van der Waals surface area contributed by atoms with E-state index in [0.29, 0.717) is 12.5 Å². The van der Waals surface area contributed by atoms with Crippen LogP contribution >= 0.6 is 0 Å². The number of allylic oxidation sites excluding steroid dienone is 2. The second-order valence-electron chi connectivity index (χ2n) is 4.00. The van der Waals surface area contributed by atoms with Crippen molar-refractivity contribution < 1.29 is 5.11 Å². The van der Waals surface area contributed by atoms with Gasteiger partial charge in [0.25, 0.3) is 0 Å². The highest BCUT2D eigenvalue weighted by atomic mass is 16.3. The summed E-state index contributed by atoms with van der Waals surface area (Å²) in [6, 6.07) is 0. The molecular weight excluding hydrogens is 124 g/mol. The molecule has 0 aromatic carbocycles. The van der Waals surface area contributed by atoms with Gasteiger partial charge in [-0.3, -0.25) is 0 Å². The summed E-state index contributed by atoms with van der Waals surface area (Å²) in [4.78, 5) is 0. The molecular formula is C9H14O. The molecule has 2 bridgehead atoms. The molecule has 2 rings (SSSR count). The Morgan fingerprint density at radius 3 is 2.70 bits per heavy atom. The molecule has 1 heteroatoms. The third kappa shape index (κ3) is 0.671. The van der Waals surface area contributed by atoms with E-state index in [0.717, 1.165) is 5.92 Å². The maximum atomic E-state index is 9.11. The molecule has 2 aliphatic carbocycles. The molecule has 0 aromatic rings. The minimum Gasteiger partial charge on any atom is -0.396 e. The van der Waals surface area contributed by atoms with Gasteiger partial charge >= 0.3 is 0 Å². The lowest BCUT2D eigenvalue weighted by Gasteiger charge is -2.28. The van der Waals surface area contributed by atoms with Crippen LogP contribution < -0.4 is 0 Å². The van der Waals surface area contributed by atoms with E-state index in [-0.39, 0.29) is 5.41 Å². The third-order valence-corrected chi connectivity index (χ3v) is 3.16. The van der Waals surface area contributed by atoms with E-state index in [9.17, 15) is 0 Å². The van der Waals surface area contributed by atoms with Gasteiger partial charge in [0.1, 0.15) is 0 Å². The van der Waals surface area contributed by atoms with Gasteiger partial charge in [0.2, 0.25) is 0 Å². The predicted molar refractivity (Wildman–Crippen MR) is 40.5 cm³/mol. The van der Waals surface area contributed by atoms with E-state index in [1.54, 1.807) is 0 Å². The van der Waals surface area contributed by atoms with Crippen LogP contribution in [0.1, 0.15) is 19.8 Å². The highest BCUT2D eigenvalue weighted by molar-refractivity contribution is 5.14. The van der Waals surface area contributed by atoms with Crippen LogP contribution in [0.25, 0.3) is 0 Å². The normalized spacial score (nSPS) is 50.6. The van der Waals surface area contributed by atoms with E-state index in [4.69, 9.17) is 5.11 Å². The van der Waals surface area contributed by atoms with Crippen molar-refractivity contribution in [3.05, 3.63) is 12.2 Å². The second kappa shape index (κ2) is 1.85. The molecule has 0 amide bonds. The summed E-state index contributed by atoms with van der Waals surface area (Å²) in [7, 11) is 0. The number of hydrogen-bond acceptors (Lipinski definition) is 1. The lowest BCUT2D eigenvalue weighted by molar-refractivity contribution is 0.116. The van der Waals surface area contributed by atoms with Crippen molar-refractivity contribution in [3.8, 4) is 0 Å². The smallest absolute Gasteiger partial charge is 0.0490 e. The van der Waals surface area contributed by atoms with Crippen molar-refractivity contribution in [2.75, 3.05) is 6.61 Å². The standard InChI is InChI=1S/C9H14O/c1-9(6-10)5-7-2-3-8(9)4-7/h2-3,7-8,10H,4-6H2,1H3/t7-,8+,9-/m0/s1. The van der Waals surface area contributed by atoms with Crippen LogP contribution in [0.3, 0.4) is 0 Å². The van der Waals surface area contributed by atoms with Crippen molar-refractivity contribution in [3.63, 3.8) is 0 Å². The van der Waals surface area contributed by atoms with Crippen molar-refractivity contribution in [2.24, 2.45) is 17.3 Å². The van der Waals surface area contributed by atoms with Crippen molar-refractivity contribution in [2.45, 2.75) is 19.8 Å². The van der Waals surface area contributed by atoms with Crippen LogP contribution in [0, 0.1) is 17.3 Å². The maximum absolute atomic E-state index is 9.11. The van der Waals surface area contributed by atoms with Crippen LogP contribution in [0.5, 0.6) is 0 Å². The van der Waals surface area contributed by atoms with Gasteiger partial charge in [0, 0.05) is 6.61 Å². The largest absolute Gasteiger partial charge is 0.396 e. The molecule has 1 nitrogen and oxygen atoms in total. The first-order valence-electron chi connectivity index (χ1n) is 4.04. The second-order valence-corrected chi connectivity index (χ2v) is 4.00. The Morgan fingerprint density at radius 1 is 1.60 bits per heavy atom. The van der Waals surface area contributed by atoms with Gasteiger partial charge in [-0.15, -0.1) is 0 Å². The molecule has 1 fully saturated rings. The molecule has 0 saturated heterocycles. The van der Waals surface area contributed by atoms with Crippen molar-refractivity contribution in [1.29, 1.82) is 0 Å². The lowest BCUT2D eigenvalue weighted by atomic mass is 9.78. The monoisotopic (exact) mass is 138 g/mol. The summed E-state index contributed by atoms with van der Waals surface area (Å²) in [6.07, 6.45) is 7.08. The first kappa shape index (κ1) is 6.41. The van der Waals surface area contributed by atoms with E-state index in [1.807, 2.05) is 0 Å².